The standard InChI is InChI=1S/C14H17N3O2/c15-14(5-6-14)9-10-1-3-11(4-2-10)17-8-7-16-12(18)13(17)19/h1-4H,5-9,15H2,(H,16,18). The zero-order valence-electron chi connectivity index (χ0n) is 10.7. The summed E-state index contributed by atoms with van der Waals surface area (Å²) in [5, 5.41) is 2.54. The predicted octanol–water partition coefficient (Wildman–Crippen LogP) is 0.183. The summed E-state index contributed by atoms with van der Waals surface area (Å²) in [6.45, 7) is 1.02. The van der Waals surface area contributed by atoms with Gasteiger partial charge in [-0.3, -0.25) is 9.59 Å². The third-order valence-corrected chi connectivity index (χ3v) is 3.76. The number of hydrogen-bond donors (Lipinski definition) is 2. The van der Waals surface area contributed by atoms with Crippen LogP contribution < -0.4 is 16.0 Å². The smallest absolute Gasteiger partial charge is 0.316 e. The molecular formula is C14H17N3O2. The van der Waals surface area contributed by atoms with Gasteiger partial charge in [-0.1, -0.05) is 12.1 Å². The van der Waals surface area contributed by atoms with Gasteiger partial charge in [-0.15, -0.1) is 0 Å². The fourth-order valence-corrected chi connectivity index (χ4v) is 2.36. The first kappa shape index (κ1) is 12.2. The zero-order valence-corrected chi connectivity index (χ0v) is 10.7. The van der Waals surface area contributed by atoms with E-state index in [1.54, 1.807) is 0 Å². The van der Waals surface area contributed by atoms with Crippen LogP contribution >= 0.6 is 0 Å². The summed E-state index contributed by atoms with van der Waals surface area (Å²) < 4.78 is 0. The molecule has 2 amide bonds. The maximum absolute atomic E-state index is 11.7. The Hall–Kier alpha value is -1.88. The molecule has 1 aliphatic carbocycles. The molecule has 0 atom stereocenters. The van der Waals surface area contributed by atoms with E-state index in [0.29, 0.717) is 13.1 Å². The maximum atomic E-state index is 11.7. The van der Waals surface area contributed by atoms with Crippen LogP contribution in [0.1, 0.15) is 18.4 Å². The molecule has 0 unspecified atom stereocenters. The van der Waals surface area contributed by atoms with Crippen molar-refractivity contribution in [2.24, 2.45) is 5.73 Å². The molecule has 1 heterocycles. The molecule has 19 heavy (non-hydrogen) atoms. The average Bonchev–Trinajstić information content (AvgIpc) is 3.12. The number of hydrogen-bond acceptors (Lipinski definition) is 3. The van der Waals surface area contributed by atoms with Gasteiger partial charge in [-0.2, -0.15) is 0 Å². The lowest BCUT2D eigenvalue weighted by Gasteiger charge is -2.26. The summed E-state index contributed by atoms with van der Waals surface area (Å²) in [5.74, 6) is -1.02. The van der Waals surface area contributed by atoms with Gasteiger partial charge in [0.25, 0.3) is 0 Å². The fourth-order valence-electron chi connectivity index (χ4n) is 2.36. The largest absolute Gasteiger partial charge is 0.346 e. The lowest BCUT2D eigenvalue weighted by molar-refractivity contribution is -0.138. The van der Waals surface area contributed by atoms with Crippen LogP contribution in [0.25, 0.3) is 0 Å². The SMILES string of the molecule is NC1(Cc2ccc(N3CCNC(=O)C3=O)cc2)CC1. The molecule has 0 bridgehead atoms. The summed E-state index contributed by atoms with van der Waals surface area (Å²) in [6, 6.07) is 7.75. The third kappa shape index (κ3) is 2.46. The number of nitrogens with zero attached hydrogens (tertiary/aromatic N) is 1. The lowest BCUT2D eigenvalue weighted by Crippen LogP contribution is -2.52. The van der Waals surface area contributed by atoms with Crippen molar-refractivity contribution in [3.8, 4) is 0 Å². The molecule has 1 aliphatic heterocycles. The van der Waals surface area contributed by atoms with Crippen molar-refractivity contribution in [2.45, 2.75) is 24.8 Å². The molecular weight excluding hydrogens is 242 g/mol. The van der Waals surface area contributed by atoms with Gasteiger partial charge >= 0.3 is 11.8 Å². The number of nitrogens with two attached hydrogens (primary N) is 1. The molecule has 1 saturated carbocycles. The Morgan fingerprint density at radius 3 is 2.53 bits per heavy atom. The Labute approximate surface area is 111 Å². The number of nitrogens with one attached hydrogen (secondary N) is 1. The van der Waals surface area contributed by atoms with Gasteiger partial charge in [0.15, 0.2) is 0 Å². The molecule has 1 aromatic rings. The van der Waals surface area contributed by atoms with E-state index in [1.807, 2.05) is 24.3 Å². The van der Waals surface area contributed by atoms with Crippen molar-refractivity contribution in [2.75, 3.05) is 18.0 Å². The molecule has 2 fully saturated rings. The monoisotopic (exact) mass is 259 g/mol. The highest BCUT2D eigenvalue weighted by atomic mass is 16.2. The normalized spacial score (nSPS) is 21.2. The van der Waals surface area contributed by atoms with E-state index in [0.717, 1.165) is 24.9 Å². The Kier molecular flexibility index (Phi) is 2.78. The first-order chi connectivity index (χ1) is 9.07. The molecule has 1 saturated heterocycles. The van der Waals surface area contributed by atoms with Crippen molar-refractivity contribution in [3.63, 3.8) is 0 Å². The van der Waals surface area contributed by atoms with E-state index in [4.69, 9.17) is 5.73 Å². The zero-order chi connectivity index (χ0) is 13.5. The minimum atomic E-state index is -0.533. The molecule has 0 aromatic heterocycles. The van der Waals surface area contributed by atoms with E-state index >= 15 is 0 Å². The number of carbonyl (C=O) groups is 2. The number of benzene rings is 1. The molecule has 3 rings (SSSR count). The summed E-state index contributed by atoms with van der Waals surface area (Å²) in [5.41, 5.74) is 8.02. The second-order valence-electron chi connectivity index (χ2n) is 5.42. The number of amides is 2. The van der Waals surface area contributed by atoms with E-state index in [2.05, 4.69) is 5.32 Å². The summed E-state index contributed by atoms with van der Waals surface area (Å²) in [4.78, 5) is 24.6. The van der Waals surface area contributed by atoms with Crippen LogP contribution in [0.4, 0.5) is 5.69 Å². The molecule has 5 heteroatoms. The predicted molar refractivity (Wildman–Crippen MR) is 71.7 cm³/mol. The van der Waals surface area contributed by atoms with Crippen LogP contribution in [0.5, 0.6) is 0 Å². The summed E-state index contributed by atoms with van der Waals surface area (Å²) in [7, 11) is 0. The van der Waals surface area contributed by atoms with Crippen molar-refractivity contribution in [1.29, 1.82) is 0 Å². The Morgan fingerprint density at radius 1 is 1.21 bits per heavy atom. The van der Waals surface area contributed by atoms with Crippen molar-refractivity contribution < 1.29 is 9.59 Å². The Bertz CT molecular complexity index is 520. The van der Waals surface area contributed by atoms with E-state index in [9.17, 15) is 9.59 Å². The van der Waals surface area contributed by atoms with E-state index < -0.39 is 11.8 Å². The van der Waals surface area contributed by atoms with Crippen LogP contribution in [0, 0.1) is 0 Å². The van der Waals surface area contributed by atoms with Crippen LogP contribution in [0.15, 0.2) is 24.3 Å². The van der Waals surface area contributed by atoms with Gasteiger partial charge in [-0.25, -0.2) is 0 Å². The van der Waals surface area contributed by atoms with Crippen molar-refractivity contribution in [1.82, 2.24) is 5.32 Å². The second-order valence-corrected chi connectivity index (χ2v) is 5.42. The van der Waals surface area contributed by atoms with Gasteiger partial charge in [-0.05, 0) is 37.0 Å². The van der Waals surface area contributed by atoms with Crippen LogP contribution in [0.3, 0.4) is 0 Å². The fraction of sp³-hybridized carbons (Fsp3) is 0.429. The summed E-state index contributed by atoms with van der Waals surface area (Å²) in [6.07, 6.45) is 3.04. The lowest BCUT2D eigenvalue weighted by atomic mass is 10.0. The topological polar surface area (TPSA) is 75.4 Å². The van der Waals surface area contributed by atoms with E-state index in [1.165, 1.54) is 10.5 Å². The van der Waals surface area contributed by atoms with Crippen LogP contribution in [-0.2, 0) is 16.0 Å². The second kappa shape index (κ2) is 4.35. The molecule has 1 aromatic carbocycles. The first-order valence-electron chi connectivity index (χ1n) is 6.55. The Balaban J connectivity index is 1.74. The minimum absolute atomic E-state index is 0.0116. The van der Waals surface area contributed by atoms with E-state index in [-0.39, 0.29) is 5.54 Å². The molecule has 0 spiro atoms. The maximum Gasteiger partial charge on any atom is 0.316 e. The number of carbonyl (C=O) groups excluding carboxylic acids is 2. The Morgan fingerprint density at radius 2 is 1.89 bits per heavy atom. The van der Waals surface area contributed by atoms with Gasteiger partial charge in [0.05, 0.1) is 0 Å². The molecule has 5 nitrogen and oxygen atoms in total. The van der Waals surface area contributed by atoms with Gasteiger partial charge < -0.3 is 16.0 Å². The highest BCUT2D eigenvalue weighted by Crippen LogP contribution is 2.35. The van der Waals surface area contributed by atoms with Crippen molar-refractivity contribution >= 4 is 17.5 Å². The molecule has 3 N–H and O–H groups in total. The van der Waals surface area contributed by atoms with Gasteiger partial charge in [0.2, 0.25) is 0 Å². The van der Waals surface area contributed by atoms with Crippen molar-refractivity contribution in [3.05, 3.63) is 29.8 Å². The van der Waals surface area contributed by atoms with Gasteiger partial charge in [0.1, 0.15) is 0 Å². The number of rotatable bonds is 3. The number of anilines is 1. The molecule has 0 radical (unpaired) electrons. The molecule has 2 aliphatic rings. The van der Waals surface area contributed by atoms with Crippen LogP contribution in [0.2, 0.25) is 0 Å². The highest BCUT2D eigenvalue weighted by molar-refractivity contribution is 6.41. The quantitative estimate of drug-likeness (QED) is 0.761. The third-order valence-electron chi connectivity index (χ3n) is 3.76. The minimum Gasteiger partial charge on any atom is -0.346 e. The average molecular weight is 259 g/mol. The van der Waals surface area contributed by atoms with Crippen LogP contribution in [-0.4, -0.2) is 30.4 Å². The number of piperazine rings is 1. The first-order valence-corrected chi connectivity index (χ1v) is 6.55. The highest BCUT2D eigenvalue weighted by Gasteiger charge is 2.37. The summed E-state index contributed by atoms with van der Waals surface area (Å²) >= 11 is 0. The molecule has 100 valence electrons. The van der Waals surface area contributed by atoms with Gasteiger partial charge in [0, 0.05) is 24.3 Å².